The van der Waals surface area contributed by atoms with Crippen molar-refractivity contribution < 1.29 is 9.18 Å². The molecule has 0 aliphatic carbocycles. The summed E-state index contributed by atoms with van der Waals surface area (Å²) in [6.07, 6.45) is 1.55. The number of amides is 1. The standard InChI is InChI=1S/C19H16FN3OS/c20-14-5-7-15(8-6-14)21-19-22-17(12-25-19)13-3-9-16(10-4-13)23-11-1-2-18(23)24/h3-10,12H,1-2,11H2,(H,21,22). The van der Waals surface area contributed by atoms with Crippen LogP contribution in [0.15, 0.2) is 53.9 Å². The Balaban J connectivity index is 1.49. The first-order chi connectivity index (χ1) is 12.2. The minimum absolute atomic E-state index is 0.187. The van der Waals surface area contributed by atoms with Crippen molar-refractivity contribution in [2.75, 3.05) is 16.8 Å². The first-order valence-corrected chi connectivity index (χ1v) is 8.96. The molecule has 0 unspecified atom stereocenters. The van der Waals surface area contributed by atoms with Gasteiger partial charge in [0.15, 0.2) is 5.13 Å². The molecule has 0 spiro atoms. The third-order valence-electron chi connectivity index (χ3n) is 4.15. The van der Waals surface area contributed by atoms with Gasteiger partial charge < -0.3 is 10.2 Å². The summed E-state index contributed by atoms with van der Waals surface area (Å²) in [5.41, 5.74) is 3.60. The summed E-state index contributed by atoms with van der Waals surface area (Å²) >= 11 is 1.49. The Morgan fingerprint density at radius 3 is 2.52 bits per heavy atom. The second-order valence-electron chi connectivity index (χ2n) is 5.87. The van der Waals surface area contributed by atoms with Crippen LogP contribution in [-0.4, -0.2) is 17.4 Å². The second kappa shape index (κ2) is 6.64. The molecule has 3 aromatic rings. The molecule has 126 valence electrons. The third kappa shape index (κ3) is 3.39. The van der Waals surface area contributed by atoms with Gasteiger partial charge in [-0.1, -0.05) is 12.1 Å². The summed E-state index contributed by atoms with van der Waals surface area (Å²) in [6.45, 7) is 0.792. The van der Waals surface area contributed by atoms with Crippen molar-refractivity contribution in [2.24, 2.45) is 0 Å². The molecule has 0 atom stereocenters. The van der Waals surface area contributed by atoms with Gasteiger partial charge in [0.05, 0.1) is 5.69 Å². The summed E-state index contributed by atoms with van der Waals surface area (Å²) in [7, 11) is 0. The fourth-order valence-corrected chi connectivity index (χ4v) is 3.59. The number of nitrogens with zero attached hydrogens (tertiary/aromatic N) is 2. The Labute approximate surface area is 148 Å². The number of hydrogen-bond acceptors (Lipinski definition) is 4. The molecule has 1 fully saturated rings. The van der Waals surface area contributed by atoms with Crippen LogP contribution in [0.4, 0.5) is 20.9 Å². The van der Waals surface area contributed by atoms with Crippen LogP contribution >= 0.6 is 11.3 Å². The van der Waals surface area contributed by atoms with E-state index in [0.29, 0.717) is 6.42 Å². The molecule has 0 bridgehead atoms. The van der Waals surface area contributed by atoms with Gasteiger partial charge in [-0.25, -0.2) is 9.37 Å². The van der Waals surface area contributed by atoms with Gasteiger partial charge in [0.2, 0.25) is 5.91 Å². The minimum Gasteiger partial charge on any atom is -0.332 e. The Bertz CT molecular complexity index is 890. The van der Waals surface area contributed by atoms with Crippen LogP contribution < -0.4 is 10.2 Å². The Morgan fingerprint density at radius 2 is 1.84 bits per heavy atom. The van der Waals surface area contributed by atoms with Crippen molar-refractivity contribution in [1.29, 1.82) is 0 Å². The van der Waals surface area contributed by atoms with Crippen molar-refractivity contribution in [3.63, 3.8) is 0 Å². The lowest BCUT2D eigenvalue weighted by Crippen LogP contribution is -2.23. The third-order valence-corrected chi connectivity index (χ3v) is 4.91. The number of nitrogens with one attached hydrogen (secondary N) is 1. The van der Waals surface area contributed by atoms with Crippen molar-refractivity contribution in [3.8, 4) is 11.3 Å². The first kappa shape index (κ1) is 15.8. The number of anilines is 3. The lowest BCUT2D eigenvalue weighted by molar-refractivity contribution is -0.117. The molecule has 4 nitrogen and oxygen atoms in total. The van der Waals surface area contributed by atoms with E-state index in [1.54, 1.807) is 12.1 Å². The van der Waals surface area contributed by atoms with E-state index in [4.69, 9.17) is 0 Å². The van der Waals surface area contributed by atoms with Crippen molar-refractivity contribution in [1.82, 2.24) is 4.98 Å². The van der Waals surface area contributed by atoms with Crippen molar-refractivity contribution in [3.05, 3.63) is 59.7 Å². The maximum Gasteiger partial charge on any atom is 0.227 e. The summed E-state index contributed by atoms with van der Waals surface area (Å²) in [6, 6.07) is 14.1. The van der Waals surface area contributed by atoms with E-state index >= 15 is 0 Å². The van der Waals surface area contributed by atoms with Gasteiger partial charge in [0.1, 0.15) is 5.82 Å². The van der Waals surface area contributed by atoms with Crippen LogP contribution in [0.3, 0.4) is 0 Å². The topological polar surface area (TPSA) is 45.2 Å². The number of aromatic nitrogens is 1. The maximum atomic E-state index is 13.0. The lowest BCUT2D eigenvalue weighted by Gasteiger charge is -2.15. The zero-order valence-corrected chi connectivity index (χ0v) is 14.2. The average molecular weight is 353 g/mol. The smallest absolute Gasteiger partial charge is 0.227 e. The Hall–Kier alpha value is -2.73. The maximum absolute atomic E-state index is 13.0. The van der Waals surface area contributed by atoms with E-state index in [0.717, 1.165) is 40.7 Å². The van der Waals surface area contributed by atoms with E-state index in [2.05, 4.69) is 10.3 Å². The summed E-state index contributed by atoms with van der Waals surface area (Å²) in [4.78, 5) is 18.2. The van der Waals surface area contributed by atoms with Crippen molar-refractivity contribution >= 4 is 33.8 Å². The first-order valence-electron chi connectivity index (χ1n) is 8.08. The monoisotopic (exact) mass is 353 g/mol. The van der Waals surface area contributed by atoms with E-state index in [-0.39, 0.29) is 11.7 Å². The van der Waals surface area contributed by atoms with Gasteiger partial charge in [0.25, 0.3) is 0 Å². The van der Waals surface area contributed by atoms with Gasteiger partial charge in [0, 0.05) is 35.3 Å². The molecule has 0 saturated carbocycles. The molecule has 2 aromatic carbocycles. The molecule has 2 heterocycles. The molecule has 4 rings (SSSR count). The molecule has 1 saturated heterocycles. The van der Waals surface area contributed by atoms with Crippen LogP contribution in [0.5, 0.6) is 0 Å². The summed E-state index contributed by atoms with van der Waals surface area (Å²) in [5.74, 6) is -0.0749. The number of halogens is 1. The van der Waals surface area contributed by atoms with E-state index in [1.807, 2.05) is 34.5 Å². The van der Waals surface area contributed by atoms with E-state index in [1.165, 1.54) is 23.5 Å². The fourth-order valence-electron chi connectivity index (χ4n) is 2.85. The van der Waals surface area contributed by atoms with E-state index in [9.17, 15) is 9.18 Å². The number of carbonyl (C=O) groups is 1. The number of carbonyl (C=O) groups excluding carboxylic acids is 1. The van der Waals surface area contributed by atoms with Crippen LogP contribution in [0.1, 0.15) is 12.8 Å². The predicted octanol–water partition coefficient (Wildman–Crippen LogP) is 4.82. The average Bonchev–Trinajstić information content (AvgIpc) is 3.26. The Kier molecular flexibility index (Phi) is 4.19. The summed E-state index contributed by atoms with van der Waals surface area (Å²) < 4.78 is 13.0. The molecular weight excluding hydrogens is 337 g/mol. The molecule has 6 heteroatoms. The molecule has 1 aliphatic heterocycles. The Morgan fingerprint density at radius 1 is 1.08 bits per heavy atom. The second-order valence-corrected chi connectivity index (χ2v) is 6.72. The molecule has 25 heavy (non-hydrogen) atoms. The van der Waals surface area contributed by atoms with Gasteiger partial charge in [-0.15, -0.1) is 11.3 Å². The van der Waals surface area contributed by atoms with Gasteiger partial charge >= 0.3 is 0 Å². The normalized spacial score (nSPS) is 14.1. The zero-order valence-electron chi connectivity index (χ0n) is 13.4. The van der Waals surface area contributed by atoms with Gasteiger partial charge in [-0.2, -0.15) is 0 Å². The van der Waals surface area contributed by atoms with Gasteiger partial charge in [-0.3, -0.25) is 4.79 Å². The number of rotatable bonds is 4. The lowest BCUT2D eigenvalue weighted by atomic mass is 10.1. The predicted molar refractivity (Wildman–Crippen MR) is 98.8 cm³/mol. The highest BCUT2D eigenvalue weighted by Crippen LogP contribution is 2.29. The SMILES string of the molecule is O=C1CCCN1c1ccc(-c2csc(Nc3ccc(F)cc3)n2)cc1. The van der Waals surface area contributed by atoms with Crippen LogP contribution in [-0.2, 0) is 4.79 Å². The fraction of sp³-hybridized carbons (Fsp3) is 0.158. The molecular formula is C19H16FN3OS. The summed E-state index contributed by atoms with van der Waals surface area (Å²) in [5, 5.41) is 5.90. The molecule has 1 aromatic heterocycles. The van der Waals surface area contributed by atoms with Gasteiger partial charge in [-0.05, 0) is 42.8 Å². The molecule has 1 N–H and O–H groups in total. The van der Waals surface area contributed by atoms with E-state index < -0.39 is 0 Å². The molecule has 1 amide bonds. The zero-order chi connectivity index (χ0) is 17.2. The quantitative estimate of drug-likeness (QED) is 0.731. The molecule has 0 radical (unpaired) electrons. The minimum atomic E-state index is -0.262. The van der Waals surface area contributed by atoms with Crippen LogP contribution in [0.25, 0.3) is 11.3 Å². The highest BCUT2D eigenvalue weighted by molar-refractivity contribution is 7.14. The largest absolute Gasteiger partial charge is 0.332 e. The van der Waals surface area contributed by atoms with Crippen LogP contribution in [0.2, 0.25) is 0 Å². The highest BCUT2D eigenvalue weighted by Gasteiger charge is 2.21. The number of thiazole rings is 1. The van der Waals surface area contributed by atoms with Crippen LogP contribution in [0, 0.1) is 5.82 Å². The number of hydrogen-bond donors (Lipinski definition) is 1. The number of benzene rings is 2. The highest BCUT2D eigenvalue weighted by atomic mass is 32.1. The van der Waals surface area contributed by atoms with Crippen molar-refractivity contribution in [2.45, 2.75) is 12.8 Å². The molecule has 1 aliphatic rings.